The molecule has 10 heteroatoms. The molecule has 0 saturated heterocycles. The van der Waals surface area contributed by atoms with E-state index in [1.54, 1.807) is 60.6 Å². The highest BCUT2D eigenvalue weighted by Crippen LogP contribution is 2.30. The lowest BCUT2D eigenvalue weighted by Crippen LogP contribution is -2.55. The number of nitrogens with zero attached hydrogens (tertiary/aromatic N) is 1. The molecule has 3 amide bonds. The highest BCUT2D eigenvalue weighted by Gasteiger charge is 2.38. The monoisotopic (exact) mass is 479 g/mol. The maximum atomic E-state index is 13.3. The van der Waals surface area contributed by atoms with Crippen molar-refractivity contribution in [2.45, 2.75) is 72.1 Å². The van der Waals surface area contributed by atoms with Crippen LogP contribution in [0.5, 0.6) is 5.75 Å². The Morgan fingerprint density at radius 1 is 1.06 bits per heavy atom. The zero-order valence-corrected chi connectivity index (χ0v) is 21.1. The molecule has 1 unspecified atom stereocenters. The van der Waals surface area contributed by atoms with Crippen molar-refractivity contribution in [1.29, 1.82) is 0 Å². The van der Waals surface area contributed by atoms with Gasteiger partial charge in [-0.05, 0) is 66.2 Å². The minimum Gasteiger partial charge on any atom is -0.508 e. The zero-order chi connectivity index (χ0) is 26.1. The van der Waals surface area contributed by atoms with Gasteiger partial charge in [-0.2, -0.15) is 0 Å². The number of hydrogen-bond donors (Lipinski definition) is 3. The van der Waals surface area contributed by atoms with Gasteiger partial charge >= 0.3 is 12.1 Å². The fourth-order valence-electron chi connectivity index (χ4n) is 3.18. The zero-order valence-electron chi connectivity index (χ0n) is 21.1. The predicted octanol–water partition coefficient (Wildman–Crippen LogP) is 2.65. The molecule has 0 radical (unpaired) electrons. The van der Waals surface area contributed by atoms with E-state index in [0.29, 0.717) is 5.56 Å². The van der Waals surface area contributed by atoms with Crippen molar-refractivity contribution < 1.29 is 33.8 Å². The molecule has 0 aliphatic rings. The normalized spacial score (nSPS) is 12.3. The summed E-state index contributed by atoms with van der Waals surface area (Å²) >= 11 is 0. The fraction of sp³-hybridized carbons (Fsp3) is 0.583. The number of amides is 3. The number of hydrogen-bond acceptors (Lipinski definition) is 7. The number of benzene rings is 1. The number of ether oxygens (including phenoxy) is 2. The summed E-state index contributed by atoms with van der Waals surface area (Å²) in [6.07, 6.45) is -0.793. The quantitative estimate of drug-likeness (QED) is 0.464. The number of carbonyl (C=O) groups excluding carboxylic acids is 4. The highest BCUT2D eigenvalue weighted by molar-refractivity contribution is 5.91. The van der Waals surface area contributed by atoms with E-state index >= 15 is 0 Å². The van der Waals surface area contributed by atoms with Crippen LogP contribution in [0.1, 0.15) is 66.5 Å². The van der Waals surface area contributed by atoms with E-state index in [4.69, 9.17) is 9.47 Å². The van der Waals surface area contributed by atoms with Gasteiger partial charge in [-0.1, -0.05) is 12.1 Å². The van der Waals surface area contributed by atoms with Gasteiger partial charge in [-0.25, -0.2) is 4.79 Å². The molecule has 0 spiro atoms. The minimum atomic E-state index is -1.14. The molecule has 34 heavy (non-hydrogen) atoms. The first-order valence-electron chi connectivity index (χ1n) is 11.2. The summed E-state index contributed by atoms with van der Waals surface area (Å²) < 4.78 is 10.1. The number of phenolic OH excluding ortho intramolecular Hbond substituents is 1. The topological polar surface area (TPSA) is 134 Å². The molecule has 190 valence electrons. The summed E-state index contributed by atoms with van der Waals surface area (Å²) in [4.78, 5) is 51.6. The molecule has 1 rings (SSSR count). The van der Waals surface area contributed by atoms with Crippen molar-refractivity contribution >= 4 is 23.9 Å². The largest absolute Gasteiger partial charge is 0.508 e. The Labute approximate surface area is 201 Å². The lowest BCUT2D eigenvalue weighted by molar-refractivity contribution is -0.146. The van der Waals surface area contributed by atoms with Crippen LogP contribution in [0.3, 0.4) is 0 Å². The first kappa shape index (κ1) is 28.7. The van der Waals surface area contributed by atoms with Gasteiger partial charge in [-0.3, -0.25) is 14.4 Å². The van der Waals surface area contributed by atoms with Crippen molar-refractivity contribution in [3.63, 3.8) is 0 Å². The van der Waals surface area contributed by atoms with Crippen molar-refractivity contribution in [3.05, 3.63) is 29.8 Å². The van der Waals surface area contributed by atoms with E-state index in [0.717, 1.165) is 0 Å². The second-order valence-corrected chi connectivity index (χ2v) is 9.63. The average Bonchev–Trinajstić information content (AvgIpc) is 2.68. The van der Waals surface area contributed by atoms with E-state index < -0.39 is 47.6 Å². The third-order valence-electron chi connectivity index (χ3n) is 4.40. The number of esters is 1. The molecule has 0 aromatic heterocycles. The Kier molecular flexibility index (Phi) is 10.3. The predicted molar refractivity (Wildman–Crippen MR) is 126 cm³/mol. The molecule has 1 aromatic rings. The molecule has 1 atom stereocenters. The third kappa shape index (κ3) is 9.68. The molecule has 0 saturated carbocycles. The minimum absolute atomic E-state index is 0.00924. The SMILES string of the molecule is CCOC(=O)CCNC(=O)C(c1cccc(O)c1)N(C(=O)CNC(=O)OC(C)(C)C)C(C)(C)C. The fourth-order valence-corrected chi connectivity index (χ4v) is 3.18. The maximum Gasteiger partial charge on any atom is 0.408 e. The van der Waals surface area contributed by atoms with Crippen LogP contribution in [0.4, 0.5) is 4.79 Å². The van der Waals surface area contributed by atoms with Crippen LogP contribution in [-0.4, -0.2) is 64.7 Å². The lowest BCUT2D eigenvalue weighted by atomic mass is 9.96. The Morgan fingerprint density at radius 2 is 1.71 bits per heavy atom. The number of nitrogens with one attached hydrogen (secondary N) is 2. The Bertz CT molecular complexity index is 872. The summed E-state index contributed by atoms with van der Waals surface area (Å²) in [6, 6.07) is 4.88. The number of phenols is 1. The number of rotatable bonds is 9. The molecule has 10 nitrogen and oxygen atoms in total. The van der Waals surface area contributed by atoms with Crippen LogP contribution in [0, 0.1) is 0 Å². The first-order chi connectivity index (χ1) is 15.7. The molecular formula is C24H37N3O7. The molecular weight excluding hydrogens is 442 g/mol. The van der Waals surface area contributed by atoms with Gasteiger partial charge in [-0.15, -0.1) is 0 Å². The average molecular weight is 480 g/mol. The van der Waals surface area contributed by atoms with Crippen LogP contribution in [0.15, 0.2) is 24.3 Å². The van der Waals surface area contributed by atoms with Crippen LogP contribution in [0.2, 0.25) is 0 Å². The number of aromatic hydroxyl groups is 1. The van der Waals surface area contributed by atoms with Gasteiger partial charge in [0.25, 0.3) is 0 Å². The van der Waals surface area contributed by atoms with E-state index in [9.17, 15) is 24.3 Å². The van der Waals surface area contributed by atoms with Gasteiger partial charge in [0, 0.05) is 12.1 Å². The Balaban J connectivity index is 3.19. The highest BCUT2D eigenvalue weighted by atomic mass is 16.6. The van der Waals surface area contributed by atoms with Crippen LogP contribution in [0.25, 0.3) is 0 Å². The first-order valence-corrected chi connectivity index (χ1v) is 11.2. The van der Waals surface area contributed by atoms with Gasteiger partial charge < -0.3 is 30.1 Å². The summed E-state index contributed by atoms with van der Waals surface area (Å²) in [5.41, 5.74) is -1.21. The summed E-state index contributed by atoms with van der Waals surface area (Å²) in [6.45, 7) is 11.9. The van der Waals surface area contributed by atoms with Crippen molar-refractivity contribution in [3.8, 4) is 5.75 Å². The van der Waals surface area contributed by atoms with Crippen LogP contribution in [-0.2, 0) is 23.9 Å². The lowest BCUT2D eigenvalue weighted by Gasteiger charge is -2.41. The second-order valence-electron chi connectivity index (χ2n) is 9.63. The molecule has 3 N–H and O–H groups in total. The van der Waals surface area contributed by atoms with Gasteiger partial charge in [0.1, 0.15) is 23.9 Å². The standard InChI is InChI=1S/C24H37N3O7/c1-8-33-19(30)12-13-25-21(31)20(16-10-9-11-17(28)14-16)27(23(2,3)4)18(29)15-26-22(32)34-24(5,6)7/h9-11,14,20,28H,8,12-13,15H2,1-7H3,(H,25,31)(H,26,32). The number of alkyl carbamates (subject to hydrolysis) is 1. The van der Waals surface area contributed by atoms with Crippen LogP contribution < -0.4 is 10.6 Å². The second kappa shape index (κ2) is 12.2. The van der Waals surface area contributed by atoms with Crippen LogP contribution >= 0.6 is 0 Å². The van der Waals surface area contributed by atoms with Crippen molar-refractivity contribution in [2.75, 3.05) is 19.7 Å². The summed E-state index contributed by atoms with van der Waals surface area (Å²) in [5, 5.41) is 15.1. The van der Waals surface area contributed by atoms with Crippen molar-refractivity contribution in [1.82, 2.24) is 15.5 Å². The van der Waals surface area contributed by atoms with Crippen molar-refractivity contribution in [2.24, 2.45) is 0 Å². The van der Waals surface area contributed by atoms with Gasteiger partial charge in [0.05, 0.1) is 13.0 Å². The molecule has 0 aliphatic heterocycles. The van der Waals surface area contributed by atoms with E-state index in [2.05, 4.69) is 10.6 Å². The van der Waals surface area contributed by atoms with E-state index in [1.807, 2.05) is 0 Å². The summed E-state index contributed by atoms with van der Waals surface area (Å²) in [7, 11) is 0. The molecule has 0 fully saturated rings. The molecule has 1 aromatic carbocycles. The molecule has 0 heterocycles. The molecule has 0 aliphatic carbocycles. The van der Waals surface area contributed by atoms with E-state index in [-0.39, 0.29) is 25.3 Å². The summed E-state index contributed by atoms with van der Waals surface area (Å²) in [5.74, 6) is -1.61. The maximum absolute atomic E-state index is 13.3. The number of carbonyl (C=O) groups is 4. The van der Waals surface area contributed by atoms with Gasteiger partial charge in [0.2, 0.25) is 11.8 Å². The third-order valence-corrected chi connectivity index (χ3v) is 4.40. The Hall–Kier alpha value is -3.30. The van der Waals surface area contributed by atoms with E-state index in [1.165, 1.54) is 17.0 Å². The Morgan fingerprint density at radius 3 is 2.24 bits per heavy atom. The smallest absolute Gasteiger partial charge is 0.408 e. The van der Waals surface area contributed by atoms with Gasteiger partial charge in [0.15, 0.2) is 0 Å². The molecule has 0 bridgehead atoms.